The molecular formula is C24H22O2. The third kappa shape index (κ3) is 4.22. The van der Waals surface area contributed by atoms with Crippen LogP contribution in [-0.2, 0) is 0 Å². The maximum Gasteiger partial charge on any atom is 0.169 e. The van der Waals surface area contributed by atoms with E-state index in [1.54, 1.807) is 0 Å². The van der Waals surface area contributed by atoms with Crippen molar-refractivity contribution in [2.75, 3.05) is 0 Å². The molecule has 3 aromatic rings. The van der Waals surface area contributed by atoms with Gasteiger partial charge >= 0.3 is 0 Å². The van der Waals surface area contributed by atoms with E-state index >= 15 is 0 Å². The van der Waals surface area contributed by atoms with Gasteiger partial charge in [0.1, 0.15) is 11.5 Å². The van der Waals surface area contributed by atoms with Crippen molar-refractivity contribution in [1.82, 2.24) is 0 Å². The monoisotopic (exact) mass is 342 g/mol. The van der Waals surface area contributed by atoms with Crippen LogP contribution in [0.3, 0.4) is 0 Å². The van der Waals surface area contributed by atoms with Gasteiger partial charge in [0.15, 0.2) is 11.5 Å². The molecule has 3 rings (SSSR count). The highest BCUT2D eigenvalue weighted by Crippen LogP contribution is 2.33. The molecule has 0 atom stereocenters. The Labute approximate surface area is 155 Å². The predicted octanol–water partition coefficient (Wildman–Crippen LogP) is 6.57. The summed E-state index contributed by atoms with van der Waals surface area (Å²) in [5.74, 6) is 2.95. The Morgan fingerprint density at radius 3 is 1.23 bits per heavy atom. The van der Waals surface area contributed by atoms with E-state index in [9.17, 15) is 0 Å². The topological polar surface area (TPSA) is 18.5 Å². The van der Waals surface area contributed by atoms with E-state index in [1.165, 1.54) is 0 Å². The fourth-order valence-electron chi connectivity index (χ4n) is 2.63. The lowest BCUT2D eigenvalue weighted by Crippen LogP contribution is -1.99. The van der Waals surface area contributed by atoms with Crippen LogP contribution in [0, 0.1) is 0 Å². The largest absolute Gasteiger partial charge is 0.453 e. The molecule has 0 unspecified atom stereocenters. The quantitative estimate of drug-likeness (QED) is 0.472. The molecule has 0 saturated carbocycles. The second-order valence-electron chi connectivity index (χ2n) is 5.69. The molecule has 0 radical (unpaired) electrons. The number of ether oxygens (including phenoxy) is 2. The van der Waals surface area contributed by atoms with Crippen LogP contribution in [0.2, 0.25) is 0 Å². The summed E-state index contributed by atoms with van der Waals surface area (Å²) in [6.45, 7) is 3.93. The van der Waals surface area contributed by atoms with Gasteiger partial charge in [-0.05, 0) is 38.1 Å². The lowest BCUT2D eigenvalue weighted by Gasteiger charge is -2.16. The Morgan fingerprint density at radius 2 is 0.885 bits per heavy atom. The Kier molecular flexibility index (Phi) is 5.89. The van der Waals surface area contributed by atoms with Gasteiger partial charge < -0.3 is 9.47 Å². The number of allylic oxidation sites excluding steroid dienone is 2. The van der Waals surface area contributed by atoms with Crippen molar-refractivity contribution in [2.24, 2.45) is 0 Å². The first kappa shape index (κ1) is 17.6. The Hall–Kier alpha value is -3.26. The molecule has 0 amide bonds. The minimum absolute atomic E-state index is 0.680. The zero-order valence-electron chi connectivity index (χ0n) is 15.1. The third-order valence-corrected chi connectivity index (χ3v) is 3.93. The van der Waals surface area contributed by atoms with Crippen LogP contribution in [0.4, 0.5) is 0 Å². The highest BCUT2D eigenvalue weighted by atomic mass is 16.5. The first-order chi connectivity index (χ1) is 12.8. The number of benzene rings is 3. The summed E-state index contributed by atoms with van der Waals surface area (Å²) in [5.41, 5.74) is 2.05. The lowest BCUT2D eigenvalue weighted by atomic mass is 10.2. The first-order valence-corrected chi connectivity index (χ1v) is 8.70. The first-order valence-electron chi connectivity index (χ1n) is 8.70. The number of rotatable bonds is 6. The van der Waals surface area contributed by atoms with Gasteiger partial charge in [0.2, 0.25) is 0 Å². The van der Waals surface area contributed by atoms with E-state index in [4.69, 9.17) is 9.47 Å². The molecule has 0 spiro atoms. The molecule has 0 N–H and O–H groups in total. The predicted molar refractivity (Wildman–Crippen MR) is 108 cm³/mol. The average Bonchev–Trinajstić information content (AvgIpc) is 2.72. The highest BCUT2D eigenvalue weighted by molar-refractivity contribution is 5.65. The summed E-state index contributed by atoms with van der Waals surface area (Å²) < 4.78 is 12.3. The van der Waals surface area contributed by atoms with E-state index in [2.05, 4.69) is 0 Å². The Bertz CT molecular complexity index is 817. The van der Waals surface area contributed by atoms with Crippen LogP contribution in [0.1, 0.15) is 25.0 Å². The standard InChI is InChI=1S/C24H22O2/c1-3-21(19-13-7-5-8-14-19)25-23-17-11-12-18-24(23)26-22(4-2)20-15-9-6-10-16-20/h3-18H,1-2H3. The van der Waals surface area contributed by atoms with Crippen LogP contribution in [0.5, 0.6) is 11.5 Å². The van der Waals surface area contributed by atoms with Crippen molar-refractivity contribution in [2.45, 2.75) is 13.8 Å². The minimum atomic E-state index is 0.680. The molecular weight excluding hydrogens is 320 g/mol. The molecule has 0 fully saturated rings. The Balaban J connectivity index is 1.87. The SMILES string of the molecule is CC=C(Oc1ccccc1OC(=CC)c1ccccc1)c1ccccc1. The van der Waals surface area contributed by atoms with Gasteiger partial charge in [0.05, 0.1) is 0 Å². The molecule has 130 valence electrons. The summed E-state index contributed by atoms with van der Waals surface area (Å²) >= 11 is 0. The van der Waals surface area contributed by atoms with Crippen molar-refractivity contribution in [1.29, 1.82) is 0 Å². The van der Waals surface area contributed by atoms with Crippen molar-refractivity contribution < 1.29 is 9.47 Å². The van der Waals surface area contributed by atoms with E-state index in [-0.39, 0.29) is 0 Å². The smallest absolute Gasteiger partial charge is 0.169 e. The normalized spacial score (nSPS) is 11.9. The number of hydrogen-bond acceptors (Lipinski definition) is 2. The molecule has 0 bridgehead atoms. The summed E-state index contributed by atoms with van der Waals surface area (Å²) in [4.78, 5) is 0. The average molecular weight is 342 g/mol. The summed E-state index contributed by atoms with van der Waals surface area (Å²) in [6.07, 6.45) is 3.92. The third-order valence-electron chi connectivity index (χ3n) is 3.93. The van der Waals surface area contributed by atoms with Crippen LogP contribution in [-0.4, -0.2) is 0 Å². The number of para-hydroxylation sites is 2. The fourth-order valence-corrected chi connectivity index (χ4v) is 2.63. The summed E-state index contributed by atoms with van der Waals surface area (Å²) in [6, 6.07) is 27.8. The molecule has 0 heterocycles. The van der Waals surface area contributed by atoms with Gasteiger partial charge in [-0.25, -0.2) is 0 Å². The summed E-state index contributed by atoms with van der Waals surface area (Å²) in [7, 11) is 0. The van der Waals surface area contributed by atoms with E-state index in [0.717, 1.165) is 22.6 Å². The Morgan fingerprint density at radius 1 is 0.538 bits per heavy atom. The molecule has 0 saturated heterocycles. The van der Waals surface area contributed by atoms with Crippen LogP contribution in [0.25, 0.3) is 11.5 Å². The van der Waals surface area contributed by atoms with Gasteiger partial charge in [0.25, 0.3) is 0 Å². The molecule has 2 nitrogen and oxygen atoms in total. The van der Waals surface area contributed by atoms with Gasteiger partial charge in [-0.15, -0.1) is 0 Å². The van der Waals surface area contributed by atoms with E-state index in [1.807, 2.05) is 111 Å². The second-order valence-corrected chi connectivity index (χ2v) is 5.69. The molecule has 0 aromatic heterocycles. The zero-order chi connectivity index (χ0) is 18.2. The van der Waals surface area contributed by atoms with Crippen molar-refractivity contribution in [3.63, 3.8) is 0 Å². The fraction of sp³-hybridized carbons (Fsp3) is 0.0833. The van der Waals surface area contributed by atoms with Gasteiger partial charge in [0, 0.05) is 11.1 Å². The molecule has 3 aromatic carbocycles. The molecule has 0 aliphatic carbocycles. The second kappa shape index (κ2) is 8.72. The van der Waals surface area contributed by atoms with Crippen molar-refractivity contribution >= 4 is 11.5 Å². The zero-order valence-corrected chi connectivity index (χ0v) is 15.1. The van der Waals surface area contributed by atoms with Crippen LogP contribution < -0.4 is 9.47 Å². The number of hydrogen-bond donors (Lipinski definition) is 0. The lowest BCUT2D eigenvalue weighted by molar-refractivity contribution is 0.448. The van der Waals surface area contributed by atoms with Crippen molar-refractivity contribution in [3.05, 3.63) is 108 Å². The van der Waals surface area contributed by atoms with Gasteiger partial charge in [-0.3, -0.25) is 0 Å². The van der Waals surface area contributed by atoms with E-state index < -0.39 is 0 Å². The van der Waals surface area contributed by atoms with Crippen molar-refractivity contribution in [3.8, 4) is 11.5 Å². The highest BCUT2D eigenvalue weighted by Gasteiger charge is 2.11. The molecule has 26 heavy (non-hydrogen) atoms. The molecule has 2 heteroatoms. The minimum Gasteiger partial charge on any atom is -0.453 e. The van der Waals surface area contributed by atoms with Crippen LogP contribution in [0.15, 0.2) is 97.1 Å². The summed E-state index contributed by atoms with van der Waals surface area (Å²) in [5, 5.41) is 0. The maximum absolute atomic E-state index is 6.17. The van der Waals surface area contributed by atoms with Crippen LogP contribution >= 0.6 is 0 Å². The molecule has 0 aliphatic heterocycles. The van der Waals surface area contributed by atoms with Gasteiger partial charge in [-0.1, -0.05) is 72.8 Å². The van der Waals surface area contributed by atoms with Gasteiger partial charge in [-0.2, -0.15) is 0 Å². The van der Waals surface area contributed by atoms with E-state index in [0.29, 0.717) is 11.5 Å². The molecule has 0 aliphatic rings. The maximum atomic E-state index is 6.17.